The van der Waals surface area contributed by atoms with E-state index in [-0.39, 0.29) is 11.6 Å². The van der Waals surface area contributed by atoms with Crippen LogP contribution in [0.2, 0.25) is 0 Å². The largest absolute Gasteiger partial charge is 0.384 e. The molecule has 0 fully saturated rings. The van der Waals surface area contributed by atoms with Crippen molar-refractivity contribution in [1.29, 1.82) is 0 Å². The molecular weight excluding hydrogens is 385 g/mol. The highest BCUT2D eigenvalue weighted by Gasteiger charge is 2.17. The van der Waals surface area contributed by atoms with Gasteiger partial charge in [0.25, 0.3) is 0 Å². The Morgan fingerprint density at radius 3 is 2.24 bits per heavy atom. The first-order valence-electron chi connectivity index (χ1n) is 6.38. The van der Waals surface area contributed by atoms with Crippen LogP contribution in [0.1, 0.15) is 17.2 Å². The van der Waals surface area contributed by atoms with Gasteiger partial charge in [0.15, 0.2) is 0 Å². The number of rotatable bonds is 2. The Morgan fingerprint density at radius 1 is 0.857 bits per heavy atom. The summed E-state index contributed by atoms with van der Waals surface area (Å²) in [5.41, 5.74) is 1.21. The summed E-state index contributed by atoms with van der Waals surface area (Å²) in [4.78, 5) is 0. The van der Waals surface area contributed by atoms with E-state index in [1.807, 2.05) is 22.6 Å². The minimum absolute atomic E-state index is 0.324. The number of fused-ring (bicyclic) bond motifs is 1. The van der Waals surface area contributed by atoms with E-state index in [4.69, 9.17) is 0 Å². The van der Waals surface area contributed by atoms with Crippen LogP contribution < -0.4 is 0 Å². The second-order valence-electron chi connectivity index (χ2n) is 4.75. The minimum atomic E-state index is -0.928. The molecule has 0 aliphatic rings. The van der Waals surface area contributed by atoms with Gasteiger partial charge in [-0.3, -0.25) is 0 Å². The van der Waals surface area contributed by atoms with Crippen LogP contribution in [0.3, 0.4) is 0 Å². The first kappa shape index (κ1) is 14.4. The first-order valence-corrected chi connectivity index (χ1v) is 7.46. The van der Waals surface area contributed by atoms with E-state index >= 15 is 0 Å². The maximum Gasteiger partial charge on any atom is 0.131 e. The lowest BCUT2D eigenvalue weighted by Crippen LogP contribution is -2.03. The SMILES string of the molecule is OC(c1ccc(F)cc1I)c1ccc(F)c2ccccc12. The minimum Gasteiger partial charge on any atom is -0.384 e. The van der Waals surface area contributed by atoms with Crippen LogP contribution in [-0.4, -0.2) is 5.11 Å². The monoisotopic (exact) mass is 396 g/mol. The molecular formula is C17H11F2IO. The molecule has 0 saturated heterocycles. The summed E-state index contributed by atoms with van der Waals surface area (Å²) in [5.74, 6) is -0.672. The number of hydrogen-bond donors (Lipinski definition) is 1. The average Bonchev–Trinajstić information content (AvgIpc) is 2.47. The van der Waals surface area contributed by atoms with Gasteiger partial charge >= 0.3 is 0 Å². The van der Waals surface area contributed by atoms with Crippen molar-refractivity contribution in [2.24, 2.45) is 0 Å². The van der Waals surface area contributed by atoms with Crippen LogP contribution in [-0.2, 0) is 0 Å². The highest BCUT2D eigenvalue weighted by Crippen LogP contribution is 2.32. The second kappa shape index (κ2) is 5.69. The second-order valence-corrected chi connectivity index (χ2v) is 5.91. The van der Waals surface area contributed by atoms with E-state index in [0.717, 1.165) is 0 Å². The fraction of sp³-hybridized carbons (Fsp3) is 0.0588. The maximum absolute atomic E-state index is 13.8. The third-order valence-corrected chi connectivity index (χ3v) is 4.39. The zero-order chi connectivity index (χ0) is 15.0. The topological polar surface area (TPSA) is 20.2 Å². The van der Waals surface area contributed by atoms with Crippen molar-refractivity contribution >= 4 is 33.4 Å². The Morgan fingerprint density at radius 2 is 1.52 bits per heavy atom. The van der Waals surface area contributed by atoms with Gasteiger partial charge in [0.05, 0.1) is 0 Å². The van der Waals surface area contributed by atoms with Crippen LogP contribution in [0.4, 0.5) is 8.78 Å². The van der Waals surface area contributed by atoms with Gasteiger partial charge in [0, 0.05) is 8.96 Å². The predicted octanol–water partition coefficient (Wildman–Crippen LogP) is 4.80. The van der Waals surface area contributed by atoms with Crippen molar-refractivity contribution in [3.05, 3.63) is 80.9 Å². The molecule has 0 saturated carbocycles. The van der Waals surface area contributed by atoms with Gasteiger partial charge in [-0.1, -0.05) is 36.4 Å². The molecule has 1 nitrogen and oxygen atoms in total. The lowest BCUT2D eigenvalue weighted by molar-refractivity contribution is 0.221. The molecule has 1 unspecified atom stereocenters. The van der Waals surface area contributed by atoms with Crippen molar-refractivity contribution in [3.8, 4) is 0 Å². The quantitative estimate of drug-likeness (QED) is 0.617. The first-order chi connectivity index (χ1) is 10.1. The Hall–Kier alpha value is -1.53. The molecule has 0 spiro atoms. The zero-order valence-electron chi connectivity index (χ0n) is 10.9. The number of halogens is 3. The zero-order valence-corrected chi connectivity index (χ0v) is 13.0. The van der Waals surface area contributed by atoms with Gasteiger partial charge in [0.1, 0.15) is 17.7 Å². The molecule has 3 aromatic rings. The summed E-state index contributed by atoms with van der Waals surface area (Å²) in [7, 11) is 0. The number of hydrogen-bond acceptors (Lipinski definition) is 1. The van der Waals surface area contributed by atoms with E-state index in [1.54, 1.807) is 36.4 Å². The van der Waals surface area contributed by atoms with Gasteiger partial charge in [-0.25, -0.2) is 8.78 Å². The fourth-order valence-corrected chi connectivity index (χ4v) is 3.19. The number of aliphatic hydroxyl groups excluding tert-OH is 1. The summed E-state index contributed by atoms with van der Waals surface area (Å²) in [5, 5.41) is 11.7. The smallest absolute Gasteiger partial charge is 0.131 e. The van der Waals surface area contributed by atoms with E-state index in [0.29, 0.717) is 25.5 Å². The molecule has 106 valence electrons. The molecule has 3 rings (SSSR count). The fourth-order valence-electron chi connectivity index (χ4n) is 2.41. The van der Waals surface area contributed by atoms with Crippen molar-refractivity contribution in [2.45, 2.75) is 6.10 Å². The molecule has 0 aliphatic heterocycles. The standard InChI is InChI=1S/C17H11F2IO/c18-10-5-6-14(16(20)9-10)17(21)13-7-8-15(19)12-4-2-1-3-11(12)13/h1-9,17,21H. The molecule has 0 amide bonds. The van der Waals surface area contributed by atoms with Crippen LogP contribution in [0, 0.1) is 15.2 Å². The third-order valence-electron chi connectivity index (χ3n) is 3.46. The molecule has 0 aromatic heterocycles. The Bertz CT molecular complexity index is 817. The van der Waals surface area contributed by atoms with Gasteiger partial charge in [0.2, 0.25) is 0 Å². The molecule has 21 heavy (non-hydrogen) atoms. The number of aliphatic hydroxyl groups is 1. The molecule has 1 N–H and O–H groups in total. The van der Waals surface area contributed by atoms with Gasteiger partial charge < -0.3 is 5.11 Å². The molecule has 0 radical (unpaired) electrons. The number of benzene rings is 3. The lowest BCUT2D eigenvalue weighted by atomic mass is 9.95. The molecule has 1 atom stereocenters. The summed E-state index contributed by atoms with van der Waals surface area (Å²) < 4.78 is 27.6. The van der Waals surface area contributed by atoms with Crippen LogP contribution in [0.5, 0.6) is 0 Å². The Labute approximate surface area is 134 Å². The van der Waals surface area contributed by atoms with E-state index < -0.39 is 6.10 Å². The molecule has 0 aliphatic carbocycles. The van der Waals surface area contributed by atoms with Crippen LogP contribution in [0.15, 0.2) is 54.6 Å². The van der Waals surface area contributed by atoms with Gasteiger partial charge in [-0.2, -0.15) is 0 Å². The van der Waals surface area contributed by atoms with Crippen molar-refractivity contribution in [2.75, 3.05) is 0 Å². The normalized spacial score (nSPS) is 12.6. The highest BCUT2D eigenvalue weighted by atomic mass is 127. The van der Waals surface area contributed by atoms with E-state index in [2.05, 4.69) is 0 Å². The molecule has 0 bridgehead atoms. The predicted molar refractivity (Wildman–Crippen MR) is 87.1 cm³/mol. The molecule has 4 heteroatoms. The van der Waals surface area contributed by atoms with Crippen LogP contribution in [0.25, 0.3) is 10.8 Å². The Balaban J connectivity index is 2.18. The third kappa shape index (κ3) is 2.65. The summed E-state index contributed by atoms with van der Waals surface area (Å²) >= 11 is 1.98. The summed E-state index contributed by atoms with van der Waals surface area (Å²) in [6.07, 6.45) is -0.928. The summed E-state index contributed by atoms with van der Waals surface area (Å²) in [6.45, 7) is 0. The molecule has 3 aromatic carbocycles. The highest BCUT2D eigenvalue weighted by molar-refractivity contribution is 14.1. The summed E-state index contributed by atoms with van der Waals surface area (Å²) in [6, 6.07) is 14.1. The van der Waals surface area contributed by atoms with E-state index in [9.17, 15) is 13.9 Å². The lowest BCUT2D eigenvalue weighted by Gasteiger charge is -2.16. The average molecular weight is 396 g/mol. The van der Waals surface area contributed by atoms with Crippen LogP contribution >= 0.6 is 22.6 Å². The van der Waals surface area contributed by atoms with Crippen molar-refractivity contribution in [1.82, 2.24) is 0 Å². The van der Waals surface area contributed by atoms with Crippen molar-refractivity contribution < 1.29 is 13.9 Å². The van der Waals surface area contributed by atoms with Gasteiger partial charge in [-0.05, 0) is 57.3 Å². The maximum atomic E-state index is 13.8. The van der Waals surface area contributed by atoms with Gasteiger partial charge in [-0.15, -0.1) is 0 Å². The Kier molecular flexibility index (Phi) is 3.91. The van der Waals surface area contributed by atoms with Crippen molar-refractivity contribution in [3.63, 3.8) is 0 Å². The molecule has 0 heterocycles. The van der Waals surface area contributed by atoms with E-state index in [1.165, 1.54) is 18.2 Å².